The van der Waals surface area contributed by atoms with Crippen LogP contribution >= 0.6 is 0 Å². The Balaban J connectivity index is 1.07. The standard InChI is InChI=1S/C54H45N/c1-53(2)51-34-28-44(43-20-14-19-42(35-43)39-17-10-6-11-18-39)36-50(51)49-33-27-45(37-52(49)54(53,3)4)41-25-31-48(32-26-41)55(46-21-12-7-13-22-46)47-29-23-40(24-30-47)38-15-8-5-9-16-38/h5-37H,1-4H3. The maximum atomic E-state index is 2.45. The highest BCUT2D eigenvalue weighted by Gasteiger charge is 2.46. The number of para-hydroxylation sites is 1. The van der Waals surface area contributed by atoms with Gasteiger partial charge in [-0.25, -0.2) is 0 Å². The maximum Gasteiger partial charge on any atom is 0.0462 e. The van der Waals surface area contributed by atoms with Crippen LogP contribution in [0.2, 0.25) is 0 Å². The number of hydrogen-bond donors (Lipinski definition) is 0. The lowest BCUT2D eigenvalue weighted by Gasteiger charge is -2.48. The highest BCUT2D eigenvalue weighted by molar-refractivity contribution is 5.86. The molecule has 1 nitrogen and oxygen atoms in total. The van der Waals surface area contributed by atoms with Crippen molar-refractivity contribution in [3.05, 3.63) is 211 Å². The van der Waals surface area contributed by atoms with Crippen molar-refractivity contribution in [2.45, 2.75) is 38.5 Å². The predicted molar refractivity (Wildman–Crippen MR) is 234 cm³/mol. The van der Waals surface area contributed by atoms with Crippen molar-refractivity contribution >= 4 is 17.1 Å². The summed E-state index contributed by atoms with van der Waals surface area (Å²) in [6.07, 6.45) is 0. The zero-order valence-corrected chi connectivity index (χ0v) is 32.0. The van der Waals surface area contributed by atoms with Crippen molar-refractivity contribution in [1.29, 1.82) is 0 Å². The molecule has 0 saturated heterocycles. The third-order valence-corrected chi connectivity index (χ3v) is 12.2. The van der Waals surface area contributed by atoms with Crippen molar-refractivity contribution in [2.24, 2.45) is 0 Å². The molecule has 0 aromatic heterocycles. The van der Waals surface area contributed by atoms with Gasteiger partial charge < -0.3 is 4.90 Å². The lowest BCUT2D eigenvalue weighted by molar-refractivity contribution is 0.299. The van der Waals surface area contributed by atoms with E-state index in [1.807, 2.05) is 0 Å². The molecule has 9 rings (SSSR count). The topological polar surface area (TPSA) is 3.24 Å². The monoisotopic (exact) mass is 707 g/mol. The van der Waals surface area contributed by atoms with Gasteiger partial charge in [0.05, 0.1) is 0 Å². The van der Waals surface area contributed by atoms with Crippen LogP contribution in [-0.2, 0) is 10.8 Å². The third kappa shape index (κ3) is 6.16. The number of nitrogens with zero attached hydrogens (tertiary/aromatic N) is 1. The number of fused-ring (bicyclic) bond motifs is 3. The van der Waals surface area contributed by atoms with Crippen molar-refractivity contribution in [1.82, 2.24) is 0 Å². The van der Waals surface area contributed by atoms with Gasteiger partial charge >= 0.3 is 0 Å². The molecule has 0 atom stereocenters. The van der Waals surface area contributed by atoms with E-state index in [4.69, 9.17) is 0 Å². The molecule has 0 spiro atoms. The first-order chi connectivity index (χ1) is 26.8. The first kappa shape index (κ1) is 34.3. The molecule has 0 bridgehead atoms. The quantitative estimate of drug-likeness (QED) is 0.159. The Morgan fingerprint density at radius 2 is 0.655 bits per heavy atom. The van der Waals surface area contributed by atoms with Crippen LogP contribution in [0.15, 0.2) is 200 Å². The molecule has 1 aliphatic rings. The molecule has 0 heterocycles. The molecule has 8 aromatic rings. The fraction of sp³-hybridized carbons (Fsp3) is 0.111. The normalized spacial score (nSPS) is 13.7. The van der Waals surface area contributed by atoms with Crippen molar-refractivity contribution in [2.75, 3.05) is 4.90 Å². The Labute approximate surface area is 326 Å². The van der Waals surface area contributed by atoms with Gasteiger partial charge in [-0.15, -0.1) is 0 Å². The van der Waals surface area contributed by atoms with Crippen molar-refractivity contribution < 1.29 is 0 Å². The largest absolute Gasteiger partial charge is 0.311 e. The van der Waals surface area contributed by atoms with Crippen LogP contribution in [0.4, 0.5) is 17.1 Å². The zero-order valence-electron chi connectivity index (χ0n) is 32.0. The lowest BCUT2D eigenvalue weighted by Crippen LogP contribution is -2.43. The second-order valence-corrected chi connectivity index (χ2v) is 15.8. The van der Waals surface area contributed by atoms with Gasteiger partial charge in [-0.1, -0.05) is 173 Å². The van der Waals surface area contributed by atoms with Crippen LogP contribution < -0.4 is 4.90 Å². The summed E-state index contributed by atoms with van der Waals surface area (Å²) in [6.45, 7) is 9.66. The number of rotatable bonds is 7. The summed E-state index contributed by atoms with van der Waals surface area (Å²) in [7, 11) is 0. The molecule has 55 heavy (non-hydrogen) atoms. The minimum absolute atomic E-state index is 0.0749. The maximum absolute atomic E-state index is 2.45. The van der Waals surface area contributed by atoms with Crippen molar-refractivity contribution in [3.8, 4) is 55.6 Å². The van der Waals surface area contributed by atoms with Gasteiger partial charge in [0.15, 0.2) is 0 Å². The summed E-state index contributed by atoms with van der Waals surface area (Å²) in [6, 6.07) is 73.0. The highest BCUT2D eigenvalue weighted by atomic mass is 15.1. The Morgan fingerprint density at radius 1 is 0.273 bits per heavy atom. The Bertz CT molecular complexity index is 2600. The third-order valence-electron chi connectivity index (χ3n) is 12.2. The van der Waals surface area contributed by atoms with E-state index in [-0.39, 0.29) is 10.8 Å². The van der Waals surface area contributed by atoms with Crippen LogP contribution in [0, 0.1) is 0 Å². The minimum atomic E-state index is -0.0873. The average Bonchev–Trinajstić information content (AvgIpc) is 3.24. The van der Waals surface area contributed by atoms with E-state index in [1.165, 1.54) is 66.8 Å². The van der Waals surface area contributed by atoms with Crippen LogP contribution in [0.3, 0.4) is 0 Å². The van der Waals surface area contributed by atoms with Crippen LogP contribution in [-0.4, -0.2) is 0 Å². The van der Waals surface area contributed by atoms with E-state index in [0.717, 1.165) is 17.1 Å². The van der Waals surface area contributed by atoms with Crippen molar-refractivity contribution in [3.63, 3.8) is 0 Å². The van der Waals surface area contributed by atoms with Gasteiger partial charge in [0.2, 0.25) is 0 Å². The SMILES string of the molecule is CC1(C)c2ccc(-c3cccc(-c4ccccc4)c3)cc2-c2ccc(-c3ccc(N(c4ccccc4)c4ccc(-c5ccccc5)cc4)cc3)cc2C1(C)C. The number of anilines is 3. The second kappa shape index (κ2) is 13.8. The highest BCUT2D eigenvalue weighted by Crippen LogP contribution is 2.55. The Kier molecular flexibility index (Phi) is 8.59. The summed E-state index contributed by atoms with van der Waals surface area (Å²) < 4.78 is 0. The summed E-state index contributed by atoms with van der Waals surface area (Å²) in [5.41, 5.74) is 18.5. The first-order valence-electron chi connectivity index (χ1n) is 19.3. The summed E-state index contributed by atoms with van der Waals surface area (Å²) in [5, 5.41) is 0. The van der Waals surface area contributed by atoms with Gasteiger partial charge in [-0.05, 0) is 132 Å². The smallest absolute Gasteiger partial charge is 0.0462 e. The molecule has 0 fully saturated rings. The van der Waals surface area contributed by atoms with Gasteiger partial charge in [0, 0.05) is 17.1 Å². The zero-order chi connectivity index (χ0) is 37.6. The van der Waals surface area contributed by atoms with Crippen LogP contribution in [0.25, 0.3) is 55.6 Å². The average molecular weight is 708 g/mol. The summed E-state index contributed by atoms with van der Waals surface area (Å²) >= 11 is 0. The second-order valence-electron chi connectivity index (χ2n) is 15.8. The van der Waals surface area contributed by atoms with Gasteiger partial charge in [0.1, 0.15) is 0 Å². The summed E-state index contributed by atoms with van der Waals surface area (Å²) in [4.78, 5) is 2.33. The van der Waals surface area contributed by atoms with E-state index in [9.17, 15) is 0 Å². The van der Waals surface area contributed by atoms with Crippen LogP contribution in [0.5, 0.6) is 0 Å². The van der Waals surface area contributed by atoms with E-state index in [1.54, 1.807) is 0 Å². The molecule has 1 heteroatoms. The molecule has 0 amide bonds. The first-order valence-corrected chi connectivity index (χ1v) is 19.3. The molecular formula is C54H45N. The molecule has 0 saturated carbocycles. The van der Waals surface area contributed by atoms with Gasteiger partial charge in [0.25, 0.3) is 0 Å². The minimum Gasteiger partial charge on any atom is -0.311 e. The molecular weight excluding hydrogens is 663 g/mol. The van der Waals surface area contributed by atoms with Crippen LogP contribution in [0.1, 0.15) is 38.8 Å². The molecule has 0 unspecified atom stereocenters. The van der Waals surface area contributed by atoms with E-state index < -0.39 is 0 Å². The molecule has 1 aliphatic carbocycles. The Morgan fingerprint density at radius 3 is 1.25 bits per heavy atom. The molecule has 8 aromatic carbocycles. The molecule has 0 aliphatic heterocycles. The fourth-order valence-electron chi connectivity index (χ4n) is 8.41. The Hall–Kier alpha value is -6.44. The lowest BCUT2D eigenvalue weighted by atomic mass is 9.55. The van der Waals surface area contributed by atoms with E-state index >= 15 is 0 Å². The summed E-state index contributed by atoms with van der Waals surface area (Å²) in [5.74, 6) is 0. The van der Waals surface area contributed by atoms with Gasteiger partial charge in [-0.3, -0.25) is 0 Å². The number of benzene rings is 8. The predicted octanol–water partition coefficient (Wildman–Crippen LogP) is 15.1. The molecule has 0 radical (unpaired) electrons. The van der Waals surface area contributed by atoms with E-state index in [0.29, 0.717) is 0 Å². The number of hydrogen-bond acceptors (Lipinski definition) is 1. The van der Waals surface area contributed by atoms with E-state index in [2.05, 4.69) is 233 Å². The van der Waals surface area contributed by atoms with Gasteiger partial charge in [-0.2, -0.15) is 0 Å². The fourth-order valence-corrected chi connectivity index (χ4v) is 8.41. The molecule has 0 N–H and O–H groups in total. The molecule has 266 valence electrons.